The van der Waals surface area contributed by atoms with Crippen LogP contribution in [-0.2, 0) is 0 Å². The first-order valence-corrected chi connectivity index (χ1v) is 7.91. The van der Waals surface area contributed by atoms with Crippen LogP contribution in [0.4, 0.5) is 0 Å². The zero-order chi connectivity index (χ0) is 15.2. The van der Waals surface area contributed by atoms with Crippen molar-refractivity contribution in [3.05, 3.63) is 46.7 Å². The largest absolute Gasteiger partial charge is 0.491 e. The number of thioether (sulfide) groups is 1. The number of hydrogen-bond acceptors (Lipinski definition) is 5. The van der Waals surface area contributed by atoms with Crippen molar-refractivity contribution in [1.82, 2.24) is 9.97 Å². The predicted molar refractivity (Wildman–Crippen MR) is 85.2 cm³/mol. The van der Waals surface area contributed by atoms with E-state index in [1.165, 1.54) is 11.8 Å². The molecule has 0 fully saturated rings. The highest BCUT2D eigenvalue weighted by atomic mass is 35.5. The van der Waals surface area contributed by atoms with Gasteiger partial charge >= 0.3 is 0 Å². The highest BCUT2D eigenvalue weighted by molar-refractivity contribution is 7.99. The Labute approximate surface area is 133 Å². The fourth-order valence-corrected chi connectivity index (χ4v) is 2.68. The Hall–Kier alpha value is -1.30. The molecule has 0 bridgehead atoms. The smallest absolute Gasteiger partial charge is 0.188 e. The average Bonchev–Trinajstić information content (AvgIpc) is 2.43. The quantitative estimate of drug-likeness (QED) is 0.653. The van der Waals surface area contributed by atoms with Crippen LogP contribution in [0.2, 0.25) is 5.02 Å². The maximum Gasteiger partial charge on any atom is 0.188 e. The summed E-state index contributed by atoms with van der Waals surface area (Å²) in [6.45, 7) is 4.08. The summed E-state index contributed by atoms with van der Waals surface area (Å²) in [4.78, 5) is 8.64. The molecule has 112 valence electrons. The van der Waals surface area contributed by atoms with E-state index >= 15 is 0 Å². The molecule has 0 aliphatic carbocycles. The van der Waals surface area contributed by atoms with E-state index in [0.717, 1.165) is 11.4 Å². The molecule has 0 amide bonds. The predicted octanol–water partition coefficient (Wildman–Crippen LogP) is 3.28. The molecule has 2 rings (SSSR count). The third-order valence-electron chi connectivity index (χ3n) is 2.62. The van der Waals surface area contributed by atoms with Crippen LogP contribution in [0.3, 0.4) is 0 Å². The first-order chi connectivity index (χ1) is 10.0. The van der Waals surface area contributed by atoms with Gasteiger partial charge in [0.25, 0.3) is 0 Å². The van der Waals surface area contributed by atoms with Gasteiger partial charge in [-0.25, -0.2) is 9.97 Å². The normalized spacial score (nSPS) is 12.2. The van der Waals surface area contributed by atoms with Gasteiger partial charge in [0.05, 0.1) is 6.10 Å². The van der Waals surface area contributed by atoms with Crippen LogP contribution in [0, 0.1) is 13.8 Å². The van der Waals surface area contributed by atoms with Crippen molar-refractivity contribution in [1.29, 1.82) is 0 Å². The number of hydrogen-bond donors (Lipinski definition) is 1. The topological polar surface area (TPSA) is 55.2 Å². The van der Waals surface area contributed by atoms with Crippen molar-refractivity contribution in [3.8, 4) is 5.75 Å². The maximum atomic E-state index is 9.94. The van der Waals surface area contributed by atoms with Crippen LogP contribution >= 0.6 is 23.4 Å². The Morgan fingerprint density at radius 3 is 2.43 bits per heavy atom. The third kappa shape index (κ3) is 5.53. The lowest BCUT2D eigenvalue weighted by Gasteiger charge is -2.12. The van der Waals surface area contributed by atoms with Gasteiger partial charge < -0.3 is 9.84 Å². The van der Waals surface area contributed by atoms with Gasteiger partial charge in [-0.3, -0.25) is 0 Å². The van der Waals surface area contributed by atoms with Crippen LogP contribution in [0.25, 0.3) is 0 Å². The Kier molecular flexibility index (Phi) is 5.85. The molecule has 1 N–H and O–H groups in total. The first kappa shape index (κ1) is 16.1. The monoisotopic (exact) mass is 324 g/mol. The van der Waals surface area contributed by atoms with Crippen molar-refractivity contribution in [2.24, 2.45) is 0 Å². The molecule has 0 aliphatic rings. The van der Waals surface area contributed by atoms with Gasteiger partial charge in [0, 0.05) is 22.2 Å². The summed E-state index contributed by atoms with van der Waals surface area (Å²) >= 11 is 7.22. The van der Waals surface area contributed by atoms with E-state index < -0.39 is 6.10 Å². The summed E-state index contributed by atoms with van der Waals surface area (Å²) in [6, 6.07) is 8.97. The molecule has 1 aromatic heterocycles. The molecule has 0 aliphatic heterocycles. The van der Waals surface area contributed by atoms with Crippen LogP contribution in [0.15, 0.2) is 35.5 Å². The number of aliphatic hydroxyl groups is 1. The minimum Gasteiger partial charge on any atom is -0.491 e. The van der Waals surface area contributed by atoms with Gasteiger partial charge in [-0.2, -0.15) is 0 Å². The summed E-state index contributed by atoms with van der Waals surface area (Å²) in [5.74, 6) is 1.17. The molecule has 4 nitrogen and oxygen atoms in total. The Morgan fingerprint density at radius 1 is 1.19 bits per heavy atom. The third-order valence-corrected chi connectivity index (χ3v) is 3.87. The highest BCUT2D eigenvalue weighted by Gasteiger charge is 2.08. The molecule has 0 spiro atoms. The average molecular weight is 325 g/mol. The Bertz CT molecular complexity index is 572. The minimum atomic E-state index is -0.588. The second kappa shape index (κ2) is 7.64. The molecule has 0 unspecified atom stereocenters. The molecule has 0 saturated heterocycles. The van der Waals surface area contributed by atoms with E-state index in [0.29, 0.717) is 21.7 Å². The van der Waals surface area contributed by atoms with Crippen LogP contribution in [0.5, 0.6) is 5.75 Å². The summed E-state index contributed by atoms with van der Waals surface area (Å²) in [5, 5.41) is 11.3. The number of rotatable bonds is 6. The standard InChI is InChI=1S/C15H17ClN2O2S/c1-10-7-11(2)18-15(17-10)21-9-13(19)8-20-14-5-3-12(16)4-6-14/h3-7,13,19H,8-9H2,1-2H3/t13-/m0/s1. The van der Waals surface area contributed by atoms with Crippen LogP contribution < -0.4 is 4.74 Å². The Morgan fingerprint density at radius 2 is 1.81 bits per heavy atom. The van der Waals surface area contributed by atoms with Crippen molar-refractivity contribution in [2.75, 3.05) is 12.4 Å². The summed E-state index contributed by atoms with van der Waals surface area (Å²) < 4.78 is 5.50. The van der Waals surface area contributed by atoms with Crippen molar-refractivity contribution >= 4 is 23.4 Å². The summed E-state index contributed by atoms with van der Waals surface area (Å²) in [7, 11) is 0. The first-order valence-electron chi connectivity index (χ1n) is 6.54. The SMILES string of the molecule is Cc1cc(C)nc(SC[C@@H](O)COc2ccc(Cl)cc2)n1. The van der Waals surface area contributed by atoms with Gasteiger partial charge in [-0.1, -0.05) is 23.4 Å². The zero-order valence-electron chi connectivity index (χ0n) is 11.9. The second-order valence-electron chi connectivity index (χ2n) is 4.66. The van der Waals surface area contributed by atoms with E-state index in [9.17, 15) is 5.11 Å². The maximum absolute atomic E-state index is 9.94. The van der Waals surface area contributed by atoms with Gasteiger partial charge in [0.1, 0.15) is 12.4 Å². The molecule has 21 heavy (non-hydrogen) atoms. The van der Waals surface area contributed by atoms with Crippen molar-refractivity contribution in [2.45, 2.75) is 25.1 Å². The van der Waals surface area contributed by atoms with Gasteiger partial charge in [0.2, 0.25) is 0 Å². The number of halogens is 1. The van der Waals surface area contributed by atoms with Gasteiger partial charge in [0.15, 0.2) is 5.16 Å². The van der Waals surface area contributed by atoms with E-state index in [-0.39, 0.29) is 6.61 Å². The number of aryl methyl sites for hydroxylation is 2. The number of aromatic nitrogens is 2. The molecule has 6 heteroatoms. The fraction of sp³-hybridized carbons (Fsp3) is 0.333. The van der Waals surface area contributed by atoms with Crippen LogP contribution in [-0.4, -0.2) is 33.5 Å². The van der Waals surface area contributed by atoms with Crippen LogP contribution in [0.1, 0.15) is 11.4 Å². The highest BCUT2D eigenvalue weighted by Crippen LogP contribution is 2.18. The van der Waals surface area contributed by atoms with E-state index in [1.54, 1.807) is 24.3 Å². The van der Waals surface area contributed by atoms with Crippen molar-refractivity contribution in [3.63, 3.8) is 0 Å². The fourth-order valence-electron chi connectivity index (χ4n) is 1.70. The molecular formula is C15H17ClN2O2S. The molecule has 1 atom stereocenters. The number of ether oxygens (including phenoxy) is 1. The van der Waals surface area contributed by atoms with Crippen molar-refractivity contribution < 1.29 is 9.84 Å². The number of aliphatic hydroxyl groups excluding tert-OH is 1. The number of nitrogens with zero attached hydrogens (tertiary/aromatic N) is 2. The lowest BCUT2D eigenvalue weighted by molar-refractivity contribution is 0.126. The Balaban J connectivity index is 1.79. The lowest BCUT2D eigenvalue weighted by Crippen LogP contribution is -2.20. The molecule has 0 saturated carbocycles. The molecule has 0 radical (unpaired) electrons. The number of benzene rings is 1. The summed E-state index contributed by atoms with van der Waals surface area (Å²) in [5.41, 5.74) is 1.86. The molecule has 1 aromatic carbocycles. The second-order valence-corrected chi connectivity index (χ2v) is 6.09. The molecular weight excluding hydrogens is 308 g/mol. The van der Waals surface area contributed by atoms with E-state index in [4.69, 9.17) is 16.3 Å². The van der Waals surface area contributed by atoms with Gasteiger partial charge in [-0.05, 0) is 44.2 Å². The minimum absolute atomic E-state index is 0.222. The van der Waals surface area contributed by atoms with E-state index in [2.05, 4.69) is 9.97 Å². The molecule has 2 aromatic rings. The lowest BCUT2D eigenvalue weighted by atomic mass is 10.3. The zero-order valence-corrected chi connectivity index (χ0v) is 13.5. The molecule has 1 heterocycles. The van der Waals surface area contributed by atoms with Gasteiger partial charge in [-0.15, -0.1) is 0 Å². The van der Waals surface area contributed by atoms with E-state index in [1.807, 2.05) is 19.9 Å². The summed E-state index contributed by atoms with van der Waals surface area (Å²) in [6.07, 6.45) is -0.588.